The van der Waals surface area contributed by atoms with Crippen molar-refractivity contribution in [2.45, 2.75) is 17.8 Å². The van der Waals surface area contributed by atoms with Crippen LogP contribution < -0.4 is 4.74 Å². The summed E-state index contributed by atoms with van der Waals surface area (Å²) in [5.41, 5.74) is 4.34. The summed E-state index contributed by atoms with van der Waals surface area (Å²) in [7, 11) is 1.67. The van der Waals surface area contributed by atoms with Crippen molar-refractivity contribution in [1.29, 1.82) is 0 Å². The SMILES string of the molecule is COc1cccc(-c2nc(CSc3n[nH]c(-c4ccc(C)cc4)n3)cs2)c1. The van der Waals surface area contributed by atoms with Gasteiger partial charge in [0.2, 0.25) is 5.16 Å². The van der Waals surface area contributed by atoms with Crippen LogP contribution in [0.3, 0.4) is 0 Å². The molecule has 2 aromatic carbocycles. The number of rotatable bonds is 6. The molecule has 0 bridgehead atoms. The van der Waals surface area contributed by atoms with Crippen LogP contribution in [0.25, 0.3) is 22.0 Å². The van der Waals surface area contributed by atoms with E-state index in [-0.39, 0.29) is 0 Å². The summed E-state index contributed by atoms with van der Waals surface area (Å²) in [5, 5.41) is 11.1. The second-order valence-corrected chi connectivity index (χ2v) is 7.80. The van der Waals surface area contributed by atoms with Gasteiger partial charge in [-0.3, -0.25) is 5.10 Å². The van der Waals surface area contributed by atoms with Crippen molar-refractivity contribution in [2.24, 2.45) is 0 Å². The predicted molar refractivity (Wildman–Crippen MR) is 110 cm³/mol. The van der Waals surface area contributed by atoms with Crippen LogP contribution in [0.4, 0.5) is 0 Å². The summed E-state index contributed by atoms with van der Waals surface area (Å²) >= 11 is 3.21. The quantitative estimate of drug-likeness (QED) is 0.455. The van der Waals surface area contributed by atoms with Crippen molar-refractivity contribution in [1.82, 2.24) is 20.2 Å². The van der Waals surface area contributed by atoms with Gasteiger partial charge in [0.15, 0.2) is 5.82 Å². The molecular formula is C20H18N4OS2. The number of aromatic amines is 1. The van der Waals surface area contributed by atoms with Gasteiger partial charge in [-0.2, -0.15) is 0 Å². The number of thioether (sulfide) groups is 1. The van der Waals surface area contributed by atoms with E-state index >= 15 is 0 Å². The van der Waals surface area contributed by atoms with Crippen molar-refractivity contribution in [3.63, 3.8) is 0 Å². The fourth-order valence-corrected chi connectivity index (χ4v) is 4.17. The minimum absolute atomic E-state index is 0.724. The molecule has 2 heterocycles. The van der Waals surface area contributed by atoms with Gasteiger partial charge in [0.1, 0.15) is 10.8 Å². The first kappa shape index (κ1) is 17.8. The molecule has 4 rings (SSSR count). The lowest BCUT2D eigenvalue weighted by atomic mass is 10.1. The van der Waals surface area contributed by atoms with E-state index in [2.05, 4.69) is 39.6 Å². The summed E-state index contributed by atoms with van der Waals surface area (Å²) in [6.07, 6.45) is 0. The highest BCUT2D eigenvalue weighted by atomic mass is 32.2. The van der Waals surface area contributed by atoms with Crippen LogP contribution in [0.2, 0.25) is 0 Å². The summed E-state index contributed by atoms with van der Waals surface area (Å²) in [5.74, 6) is 2.35. The van der Waals surface area contributed by atoms with Gasteiger partial charge in [0, 0.05) is 22.3 Å². The van der Waals surface area contributed by atoms with Crippen LogP contribution in [0.5, 0.6) is 5.75 Å². The highest BCUT2D eigenvalue weighted by molar-refractivity contribution is 7.98. The van der Waals surface area contributed by atoms with Crippen LogP contribution in [0.1, 0.15) is 11.3 Å². The number of H-pyrrole nitrogens is 1. The van der Waals surface area contributed by atoms with E-state index in [1.165, 1.54) is 5.56 Å². The first-order valence-corrected chi connectivity index (χ1v) is 10.3. The average Bonchev–Trinajstić information content (AvgIpc) is 3.37. The van der Waals surface area contributed by atoms with Gasteiger partial charge in [-0.1, -0.05) is 53.7 Å². The predicted octanol–water partition coefficient (Wildman–Crippen LogP) is 5.20. The lowest BCUT2D eigenvalue weighted by Gasteiger charge is -2.01. The molecule has 0 radical (unpaired) electrons. The van der Waals surface area contributed by atoms with E-state index in [9.17, 15) is 0 Å². The van der Waals surface area contributed by atoms with Crippen molar-refractivity contribution in [3.05, 3.63) is 65.2 Å². The summed E-state index contributed by atoms with van der Waals surface area (Å²) in [6, 6.07) is 16.2. The molecule has 0 atom stereocenters. The minimum atomic E-state index is 0.724. The van der Waals surface area contributed by atoms with Crippen LogP contribution in [0.15, 0.2) is 59.1 Å². The van der Waals surface area contributed by atoms with Gasteiger partial charge in [-0.05, 0) is 19.1 Å². The number of hydrogen-bond donors (Lipinski definition) is 1. The third-order valence-electron chi connectivity index (χ3n) is 4.01. The number of ether oxygens (including phenoxy) is 1. The Morgan fingerprint density at radius 1 is 1.07 bits per heavy atom. The molecule has 7 heteroatoms. The molecule has 0 aliphatic rings. The topological polar surface area (TPSA) is 63.7 Å². The number of nitrogens with zero attached hydrogens (tertiary/aromatic N) is 3. The average molecular weight is 395 g/mol. The molecule has 0 saturated carbocycles. The third kappa shape index (κ3) is 4.20. The molecule has 0 aliphatic carbocycles. The molecule has 136 valence electrons. The molecular weight excluding hydrogens is 376 g/mol. The number of methoxy groups -OCH3 is 1. The first-order chi connectivity index (χ1) is 13.2. The zero-order chi connectivity index (χ0) is 18.6. The maximum Gasteiger partial charge on any atom is 0.209 e. The Balaban J connectivity index is 1.42. The van der Waals surface area contributed by atoms with E-state index in [4.69, 9.17) is 9.72 Å². The van der Waals surface area contributed by atoms with Gasteiger partial charge in [0.25, 0.3) is 0 Å². The van der Waals surface area contributed by atoms with Crippen LogP contribution in [0, 0.1) is 6.92 Å². The molecule has 0 aliphatic heterocycles. The van der Waals surface area contributed by atoms with E-state index in [0.29, 0.717) is 0 Å². The number of aryl methyl sites for hydroxylation is 1. The molecule has 0 unspecified atom stereocenters. The first-order valence-electron chi connectivity index (χ1n) is 8.42. The van der Waals surface area contributed by atoms with Gasteiger partial charge in [-0.25, -0.2) is 9.97 Å². The lowest BCUT2D eigenvalue weighted by Crippen LogP contribution is -1.85. The van der Waals surface area contributed by atoms with Crippen molar-refractivity contribution < 1.29 is 4.74 Å². The Kier molecular flexibility index (Phi) is 5.22. The van der Waals surface area contributed by atoms with Crippen LogP contribution >= 0.6 is 23.1 Å². The van der Waals surface area contributed by atoms with Crippen molar-refractivity contribution in [2.75, 3.05) is 7.11 Å². The largest absolute Gasteiger partial charge is 0.497 e. The van der Waals surface area contributed by atoms with Crippen molar-refractivity contribution >= 4 is 23.1 Å². The fraction of sp³-hybridized carbons (Fsp3) is 0.150. The third-order valence-corrected chi connectivity index (χ3v) is 5.83. The van der Waals surface area contributed by atoms with E-state index < -0.39 is 0 Å². The summed E-state index contributed by atoms with van der Waals surface area (Å²) in [6.45, 7) is 2.07. The van der Waals surface area contributed by atoms with Gasteiger partial charge in [0.05, 0.1) is 12.8 Å². The Labute approximate surface area is 165 Å². The van der Waals surface area contributed by atoms with E-state index in [0.717, 1.165) is 44.3 Å². The number of thiazole rings is 1. The van der Waals surface area contributed by atoms with Gasteiger partial charge in [-0.15, -0.1) is 16.4 Å². The Hall–Kier alpha value is -2.64. The maximum atomic E-state index is 5.29. The van der Waals surface area contributed by atoms with Crippen molar-refractivity contribution in [3.8, 4) is 27.7 Å². The highest BCUT2D eigenvalue weighted by Gasteiger charge is 2.09. The second-order valence-electron chi connectivity index (χ2n) is 6.00. The maximum absolute atomic E-state index is 5.29. The van der Waals surface area contributed by atoms with E-state index in [1.54, 1.807) is 30.2 Å². The summed E-state index contributed by atoms with van der Waals surface area (Å²) < 4.78 is 5.29. The van der Waals surface area contributed by atoms with E-state index in [1.807, 2.05) is 36.4 Å². The van der Waals surface area contributed by atoms with Gasteiger partial charge >= 0.3 is 0 Å². The molecule has 27 heavy (non-hydrogen) atoms. The number of nitrogens with one attached hydrogen (secondary N) is 1. The Morgan fingerprint density at radius 2 is 1.93 bits per heavy atom. The number of hydrogen-bond acceptors (Lipinski definition) is 6. The van der Waals surface area contributed by atoms with Crippen LogP contribution in [-0.2, 0) is 5.75 Å². The molecule has 5 nitrogen and oxygen atoms in total. The molecule has 0 amide bonds. The fourth-order valence-electron chi connectivity index (χ4n) is 2.55. The highest BCUT2D eigenvalue weighted by Crippen LogP contribution is 2.29. The number of aromatic nitrogens is 4. The molecule has 4 aromatic rings. The Morgan fingerprint density at radius 3 is 2.74 bits per heavy atom. The van der Waals surface area contributed by atoms with Crippen LogP contribution in [-0.4, -0.2) is 27.3 Å². The number of benzene rings is 2. The molecule has 1 N–H and O–H groups in total. The Bertz CT molecular complexity index is 1040. The zero-order valence-electron chi connectivity index (χ0n) is 15.0. The molecule has 0 fully saturated rings. The standard InChI is InChI=1S/C20H18N4OS2/c1-13-6-8-14(9-7-13)18-22-20(24-23-18)27-12-16-11-26-19(21-16)15-4-3-5-17(10-15)25-2/h3-11H,12H2,1-2H3,(H,22,23,24). The normalized spacial score (nSPS) is 10.9. The zero-order valence-corrected chi connectivity index (χ0v) is 16.6. The second kappa shape index (κ2) is 7.94. The summed E-state index contributed by atoms with van der Waals surface area (Å²) in [4.78, 5) is 9.29. The monoisotopic (exact) mass is 394 g/mol. The molecule has 2 aromatic heterocycles. The lowest BCUT2D eigenvalue weighted by molar-refractivity contribution is 0.415. The molecule has 0 saturated heterocycles. The minimum Gasteiger partial charge on any atom is -0.497 e. The molecule has 0 spiro atoms. The van der Waals surface area contributed by atoms with Gasteiger partial charge < -0.3 is 4.74 Å². The smallest absolute Gasteiger partial charge is 0.209 e.